The van der Waals surface area contributed by atoms with Gasteiger partial charge in [-0.3, -0.25) is 4.79 Å². The van der Waals surface area contributed by atoms with Crippen molar-refractivity contribution in [2.75, 3.05) is 18.4 Å². The second kappa shape index (κ2) is 7.11. The first kappa shape index (κ1) is 15.4. The number of aryl methyl sites for hydroxylation is 1. The van der Waals surface area contributed by atoms with E-state index in [0.717, 1.165) is 37.2 Å². The van der Waals surface area contributed by atoms with Crippen molar-refractivity contribution in [3.05, 3.63) is 29.8 Å². The van der Waals surface area contributed by atoms with Crippen LogP contribution in [0.3, 0.4) is 0 Å². The van der Waals surface area contributed by atoms with Gasteiger partial charge in [-0.05, 0) is 37.5 Å². The summed E-state index contributed by atoms with van der Waals surface area (Å²) in [6.07, 6.45) is 2.17. The molecule has 0 bridgehead atoms. The fourth-order valence-electron chi connectivity index (χ4n) is 2.57. The Morgan fingerprint density at radius 2 is 2.00 bits per heavy atom. The SMILES string of the molecule is CCC(=O)N1CCC(NC(=O)Nc2cccc(C)c2)CC1. The zero-order chi connectivity index (χ0) is 15.2. The molecule has 1 aromatic carbocycles. The smallest absolute Gasteiger partial charge is 0.319 e. The summed E-state index contributed by atoms with van der Waals surface area (Å²) in [5, 5.41) is 5.82. The van der Waals surface area contributed by atoms with Crippen molar-refractivity contribution in [1.29, 1.82) is 0 Å². The molecule has 5 heteroatoms. The number of carbonyl (C=O) groups excluding carboxylic acids is 2. The molecule has 1 saturated heterocycles. The van der Waals surface area contributed by atoms with E-state index in [1.165, 1.54) is 0 Å². The topological polar surface area (TPSA) is 61.4 Å². The maximum absolute atomic E-state index is 12.0. The zero-order valence-corrected chi connectivity index (χ0v) is 12.7. The zero-order valence-electron chi connectivity index (χ0n) is 12.7. The molecule has 0 saturated carbocycles. The molecule has 2 N–H and O–H groups in total. The summed E-state index contributed by atoms with van der Waals surface area (Å²) in [4.78, 5) is 25.4. The van der Waals surface area contributed by atoms with Gasteiger partial charge in [0.2, 0.25) is 5.91 Å². The quantitative estimate of drug-likeness (QED) is 0.898. The third-order valence-electron chi connectivity index (χ3n) is 3.76. The van der Waals surface area contributed by atoms with Crippen molar-refractivity contribution in [2.24, 2.45) is 0 Å². The molecule has 5 nitrogen and oxygen atoms in total. The molecular weight excluding hydrogens is 266 g/mol. The fraction of sp³-hybridized carbons (Fsp3) is 0.500. The summed E-state index contributed by atoms with van der Waals surface area (Å²) in [6.45, 7) is 5.32. The standard InChI is InChI=1S/C16H23N3O2/c1-3-15(20)19-9-7-13(8-10-19)17-16(21)18-14-6-4-5-12(2)11-14/h4-6,11,13H,3,7-10H2,1-2H3,(H2,17,18,21). The number of benzene rings is 1. The largest absolute Gasteiger partial charge is 0.343 e. The minimum atomic E-state index is -0.180. The minimum absolute atomic E-state index is 0.135. The minimum Gasteiger partial charge on any atom is -0.343 e. The van der Waals surface area contributed by atoms with E-state index in [2.05, 4.69) is 10.6 Å². The first-order valence-corrected chi connectivity index (χ1v) is 7.50. The van der Waals surface area contributed by atoms with Gasteiger partial charge in [-0.15, -0.1) is 0 Å². The van der Waals surface area contributed by atoms with Gasteiger partial charge in [0.25, 0.3) is 0 Å². The highest BCUT2D eigenvalue weighted by molar-refractivity contribution is 5.89. The van der Waals surface area contributed by atoms with E-state index in [4.69, 9.17) is 0 Å². The average Bonchev–Trinajstić information content (AvgIpc) is 2.47. The normalized spacial score (nSPS) is 15.6. The Morgan fingerprint density at radius 3 is 2.62 bits per heavy atom. The van der Waals surface area contributed by atoms with Gasteiger partial charge in [-0.1, -0.05) is 19.1 Å². The van der Waals surface area contributed by atoms with Crippen molar-refractivity contribution in [2.45, 2.75) is 39.2 Å². The van der Waals surface area contributed by atoms with Gasteiger partial charge in [0.15, 0.2) is 0 Å². The number of hydrogen-bond donors (Lipinski definition) is 2. The maximum Gasteiger partial charge on any atom is 0.319 e. The summed E-state index contributed by atoms with van der Waals surface area (Å²) >= 11 is 0. The molecule has 1 heterocycles. The number of likely N-dealkylation sites (tertiary alicyclic amines) is 1. The molecule has 0 aliphatic carbocycles. The Hall–Kier alpha value is -2.04. The lowest BCUT2D eigenvalue weighted by atomic mass is 10.0. The third-order valence-corrected chi connectivity index (χ3v) is 3.76. The van der Waals surface area contributed by atoms with Gasteiger partial charge in [0, 0.05) is 31.2 Å². The second-order valence-corrected chi connectivity index (χ2v) is 5.48. The maximum atomic E-state index is 12.0. The number of hydrogen-bond acceptors (Lipinski definition) is 2. The van der Waals surface area contributed by atoms with Crippen molar-refractivity contribution >= 4 is 17.6 Å². The van der Waals surface area contributed by atoms with Crippen LogP contribution >= 0.6 is 0 Å². The number of urea groups is 1. The van der Waals surface area contributed by atoms with E-state index < -0.39 is 0 Å². The van der Waals surface area contributed by atoms with E-state index >= 15 is 0 Å². The molecule has 0 atom stereocenters. The van der Waals surface area contributed by atoms with Crippen LogP contribution in [-0.2, 0) is 4.79 Å². The number of carbonyl (C=O) groups is 2. The summed E-state index contributed by atoms with van der Waals surface area (Å²) in [5.41, 5.74) is 1.91. The van der Waals surface area contributed by atoms with Crippen LogP contribution < -0.4 is 10.6 Å². The summed E-state index contributed by atoms with van der Waals surface area (Å²) < 4.78 is 0. The highest BCUT2D eigenvalue weighted by Gasteiger charge is 2.22. The van der Waals surface area contributed by atoms with Crippen LogP contribution in [0.1, 0.15) is 31.7 Å². The number of rotatable bonds is 3. The Labute approximate surface area is 125 Å². The fourth-order valence-corrected chi connectivity index (χ4v) is 2.57. The number of nitrogens with zero attached hydrogens (tertiary/aromatic N) is 1. The molecular formula is C16H23N3O2. The Balaban J connectivity index is 1.78. The highest BCUT2D eigenvalue weighted by Crippen LogP contribution is 2.13. The van der Waals surface area contributed by atoms with Crippen LogP contribution in [0.4, 0.5) is 10.5 Å². The second-order valence-electron chi connectivity index (χ2n) is 5.48. The summed E-state index contributed by atoms with van der Waals surface area (Å²) in [7, 11) is 0. The van der Waals surface area contributed by atoms with Crippen LogP contribution in [0.15, 0.2) is 24.3 Å². The summed E-state index contributed by atoms with van der Waals surface area (Å²) in [5.74, 6) is 0.192. The molecule has 0 unspecified atom stereocenters. The van der Waals surface area contributed by atoms with Crippen molar-refractivity contribution in [3.63, 3.8) is 0 Å². The molecule has 0 radical (unpaired) electrons. The molecule has 114 valence electrons. The average molecular weight is 289 g/mol. The number of amides is 3. The van der Waals surface area contributed by atoms with Gasteiger partial charge in [0.1, 0.15) is 0 Å². The van der Waals surface area contributed by atoms with Crippen molar-refractivity contribution in [1.82, 2.24) is 10.2 Å². The van der Waals surface area contributed by atoms with Crippen LogP contribution in [0.25, 0.3) is 0 Å². The van der Waals surface area contributed by atoms with Gasteiger partial charge in [-0.2, -0.15) is 0 Å². The lowest BCUT2D eigenvalue weighted by Gasteiger charge is -2.32. The first-order chi connectivity index (χ1) is 10.1. The van der Waals surface area contributed by atoms with E-state index in [1.54, 1.807) is 0 Å². The predicted octanol–water partition coefficient (Wildman–Crippen LogP) is 2.52. The van der Waals surface area contributed by atoms with Gasteiger partial charge < -0.3 is 15.5 Å². The molecule has 0 aromatic heterocycles. The molecule has 1 fully saturated rings. The number of nitrogens with one attached hydrogen (secondary N) is 2. The van der Waals surface area contributed by atoms with Crippen molar-refractivity contribution in [3.8, 4) is 0 Å². The molecule has 1 aliphatic rings. The van der Waals surface area contributed by atoms with Crippen LogP contribution in [0.2, 0.25) is 0 Å². The van der Waals surface area contributed by atoms with E-state index in [0.29, 0.717) is 6.42 Å². The Bertz CT molecular complexity index is 508. The lowest BCUT2D eigenvalue weighted by Crippen LogP contribution is -2.47. The van der Waals surface area contributed by atoms with Crippen LogP contribution in [0, 0.1) is 6.92 Å². The molecule has 0 spiro atoms. The van der Waals surface area contributed by atoms with Gasteiger partial charge in [0.05, 0.1) is 0 Å². The highest BCUT2D eigenvalue weighted by atomic mass is 16.2. The predicted molar refractivity (Wildman–Crippen MR) is 83.2 cm³/mol. The number of anilines is 1. The number of piperidine rings is 1. The third kappa shape index (κ3) is 4.48. The summed E-state index contributed by atoms with van der Waals surface area (Å²) in [6, 6.07) is 7.66. The van der Waals surface area contributed by atoms with Crippen LogP contribution in [0.5, 0.6) is 0 Å². The molecule has 21 heavy (non-hydrogen) atoms. The van der Waals surface area contributed by atoms with E-state index in [-0.39, 0.29) is 18.0 Å². The van der Waals surface area contributed by atoms with Gasteiger partial charge >= 0.3 is 6.03 Å². The molecule has 3 amide bonds. The van der Waals surface area contributed by atoms with E-state index in [1.807, 2.05) is 43.0 Å². The lowest BCUT2D eigenvalue weighted by molar-refractivity contribution is -0.131. The van der Waals surface area contributed by atoms with Crippen molar-refractivity contribution < 1.29 is 9.59 Å². The first-order valence-electron chi connectivity index (χ1n) is 7.50. The monoisotopic (exact) mass is 289 g/mol. The van der Waals surface area contributed by atoms with Gasteiger partial charge in [-0.25, -0.2) is 4.79 Å². The van der Waals surface area contributed by atoms with Crippen LogP contribution in [-0.4, -0.2) is 36.0 Å². The Kier molecular flexibility index (Phi) is 5.20. The Morgan fingerprint density at radius 1 is 1.29 bits per heavy atom. The molecule has 2 rings (SSSR count). The van der Waals surface area contributed by atoms with E-state index in [9.17, 15) is 9.59 Å². The molecule has 1 aliphatic heterocycles. The molecule has 1 aromatic rings.